The van der Waals surface area contributed by atoms with Crippen molar-refractivity contribution in [3.8, 4) is 11.5 Å². The van der Waals surface area contributed by atoms with Gasteiger partial charge in [-0.15, -0.1) is 0 Å². The second kappa shape index (κ2) is 10.5. The van der Waals surface area contributed by atoms with Crippen molar-refractivity contribution in [3.05, 3.63) is 54.1 Å². The number of methoxy groups -OCH3 is 2. The number of amides is 2. The summed E-state index contributed by atoms with van der Waals surface area (Å²) in [5.41, 5.74) is 0.847. The van der Waals surface area contributed by atoms with Crippen LogP contribution in [0.3, 0.4) is 0 Å². The molecule has 2 aromatic carbocycles. The third-order valence-electron chi connectivity index (χ3n) is 4.88. The number of rotatable bonds is 10. The van der Waals surface area contributed by atoms with Crippen LogP contribution in [0.5, 0.6) is 11.5 Å². The number of anilines is 1. The molecule has 8 heteroatoms. The zero-order valence-electron chi connectivity index (χ0n) is 17.6. The van der Waals surface area contributed by atoms with Crippen LogP contribution in [-0.2, 0) is 14.3 Å². The zero-order chi connectivity index (χ0) is 22.2. The van der Waals surface area contributed by atoms with E-state index in [1.54, 1.807) is 54.5 Å². The molecule has 2 aromatic rings. The Hall–Kier alpha value is -3.55. The maximum Gasteiger partial charge on any atom is 0.337 e. The molecule has 0 aliphatic heterocycles. The van der Waals surface area contributed by atoms with E-state index < -0.39 is 5.97 Å². The summed E-state index contributed by atoms with van der Waals surface area (Å²) in [4.78, 5) is 38.4. The summed E-state index contributed by atoms with van der Waals surface area (Å²) in [5.74, 6) is 0.163. The highest BCUT2D eigenvalue weighted by atomic mass is 16.5. The van der Waals surface area contributed by atoms with Crippen LogP contribution in [0.2, 0.25) is 0 Å². The Morgan fingerprint density at radius 2 is 1.77 bits per heavy atom. The highest BCUT2D eigenvalue weighted by Gasteiger charge is 2.32. The third-order valence-corrected chi connectivity index (χ3v) is 4.88. The van der Waals surface area contributed by atoms with Crippen molar-refractivity contribution < 1.29 is 28.6 Å². The van der Waals surface area contributed by atoms with Crippen molar-refractivity contribution in [2.75, 3.05) is 32.7 Å². The molecule has 0 bridgehead atoms. The van der Waals surface area contributed by atoms with Crippen molar-refractivity contribution in [2.45, 2.75) is 25.3 Å². The summed E-state index contributed by atoms with van der Waals surface area (Å²) in [6, 6.07) is 13.8. The normalized spacial score (nSPS) is 12.6. The Balaban J connectivity index is 1.53. The van der Waals surface area contributed by atoms with E-state index >= 15 is 0 Å². The van der Waals surface area contributed by atoms with Gasteiger partial charge in [0.25, 0.3) is 5.91 Å². The first-order chi connectivity index (χ1) is 15.0. The Kier molecular flexibility index (Phi) is 7.48. The maximum absolute atomic E-state index is 12.7. The number of para-hydroxylation sites is 2. The molecule has 0 unspecified atom stereocenters. The Labute approximate surface area is 181 Å². The molecule has 2 amide bonds. The van der Waals surface area contributed by atoms with Gasteiger partial charge in [0.15, 0.2) is 18.1 Å². The van der Waals surface area contributed by atoms with Crippen LogP contribution in [0.4, 0.5) is 5.69 Å². The first-order valence-corrected chi connectivity index (χ1v) is 10.1. The summed E-state index contributed by atoms with van der Waals surface area (Å²) in [7, 11) is 2.84. The van der Waals surface area contributed by atoms with E-state index in [0.29, 0.717) is 29.3 Å². The fourth-order valence-electron chi connectivity index (χ4n) is 3.14. The van der Waals surface area contributed by atoms with Gasteiger partial charge in [-0.05, 0) is 43.2 Å². The van der Waals surface area contributed by atoms with Crippen molar-refractivity contribution in [3.63, 3.8) is 0 Å². The lowest BCUT2D eigenvalue weighted by molar-refractivity contribution is -0.134. The second-order valence-electron chi connectivity index (χ2n) is 7.13. The van der Waals surface area contributed by atoms with Crippen LogP contribution in [0.1, 0.15) is 29.6 Å². The fourth-order valence-corrected chi connectivity index (χ4v) is 3.14. The second-order valence-corrected chi connectivity index (χ2v) is 7.13. The fraction of sp³-hybridized carbons (Fsp3) is 0.348. The van der Waals surface area contributed by atoms with Gasteiger partial charge in [-0.1, -0.05) is 18.2 Å². The molecule has 3 rings (SSSR count). The molecule has 1 aliphatic rings. The minimum Gasteiger partial charge on any atom is -0.493 e. The van der Waals surface area contributed by atoms with Gasteiger partial charge in [0.1, 0.15) is 0 Å². The van der Waals surface area contributed by atoms with Crippen molar-refractivity contribution in [2.24, 2.45) is 0 Å². The summed E-state index contributed by atoms with van der Waals surface area (Å²) < 4.78 is 15.6. The van der Waals surface area contributed by atoms with E-state index in [1.165, 1.54) is 7.11 Å². The molecule has 0 spiro atoms. The Morgan fingerprint density at radius 1 is 1.03 bits per heavy atom. The molecule has 1 saturated carbocycles. The van der Waals surface area contributed by atoms with E-state index in [4.69, 9.17) is 9.47 Å². The number of hydrogen-bond donors (Lipinski definition) is 1. The number of carbonyl (C=O) groups is 3. The SMILES string of the molecule is COC(=O)c1cccc(NC(=O)CCN(C(=O)COc2ccccc2OC)C2CC2)c1. The molecular weight excluding hydrogens is 400 g/mol. The van der Waals surface area contributed by atoms with Gasteiger partial charge >= 0.3 is 5.97 Å². The van der Waals surface area contributed by atoms with E-state index in [0.717, 1.165) is 12.8 Å². The number of benzene rings is 2. The third kappa shape index (κ3) is 6.21. The van der Waals surface area contributed by atoms with E-state index in [9.17, 15) is 14.4 Å². The topological polar surface area (TPSA) is 94.2 Å². The Bertz CT molecular complexity index is 941. The van der Waals surface area contributed by atoms with E-state index in [1.807, 2.05) is 6.07 Å². The molecule has 0 radical (unpaired) electrons. The monoisotopic (exact) mass is 426 g/mol. The number of hydrogen-bond acceptors (Lipinski definition) is 6. The van der Waals surface area contributed by atoms with E-state index in [2.05, 4.69) is 10.1 Å². The Morgan fingerprint density at radius 3 is 2.45 bits per heavy atom. The molecule has 1 fully saturated rings. The van der Waals surface area contributed by atoms with Crippen LogP contribution >= 0.6 is 0 Å². The molecule has 1 aliphatic carbocycles. The van der Waals surface area contributed by atoms with Crippen LogP contribution < -0.4 is 14.8 Å². The average molecular weight is 426 g/mol. The molecule has 0 heterocycles. The standard InChI is InChI=1S/C23H26N2O6/c1-29-19-8-3-4-9-20(19)31-15-22(27)25(18-10-11-18)13-12-21(26)24-17-7-5-6-16(14-17)23(28)30-2/h3-9,14,18H,10-13,15H2,1-2H3,(H,24,26). The quantitative estimate of drug-likeness (QED) is 0.587. The summed E-state index contributed by atoms with van der Waals surface area (Å²) >= 11 is 0. The minimum atomic E-state index is -0.475. The number of nitrogens with zero attached hydrogens (tertiary/aromatic N) is 1. The largest absolute Gasteiger partial charge is 0.493 e. The van der Waals surface area contributed by atoms with Gasteiger partial charge in [-0.25, -0.2) is 4.79 Å². The average Bonchev–Trinajstić information content (AvgIpc) is 3.62. The predicted octanol–water partition coefficient (Wildman–Crippen LogP) is 2.88. The van der Waals surface area contributed by atoms with Crippen LogP contribution in [-0.4, -0.2) is 56.1 Å². The predicted molar refractivity (Wildman–Crippen MR) is 114 cm³/mol. The molecule has 8 nitrogen and oxygen atoms in total. The molecular formula is C23H26N2O6. The van der Waals surface area contributed by atoms with Gasteiger partial charge in [0, 0.05) is 24.7 Å². The van der Waals surface area contributed by atoms with Gasteiger partial charge in [-0.3, -0.25) is 9.59 Å². The minimum absolute atomic E-state index is 0.125. The number of nitrogens with one attached hydrogen (secondary N) is 1. The number of esters is 1. The summed E-state index contributed by atoms with van der Waals surface area (Å²) in [5, 5.41) is 2.76. The molecule has 31 heavy (non-hydrogen) atoms. The van der Waals surface area contributed by atoms with Crippen molar-refractivity contribution in [1.82, 2.24) is 4.90 Å². The molecule has 0 atom stereocenters. The highest BCUT2D eigenvalue weighted by Crippen LogP contribution is 2.29. The van der Waals surface area contributed by atoms with Gasteiger partial charge < -0.3 is 24.4 Å². The number of ether oxygens (including phenoxy) is 3. The molecule has 164 valence electrons. The first kappa shape index (κ1) is 22.1. The summed E-state index contributed by atoms with van der Waals surface area (Å²) in [6.45, 7) is 0.168. The first-order valence-electron chi connectivity index (χ1n) is 10.1. The summed E-state index contributed by atoms with van der Waals surface area (Å²) in [6.07, 6.45) is 1.98. The number of carbonyl (C=O) groups excluding carboxylic acids is 3. The van der Waals surface area contributed by atoms with Crippen molar-refractivity contribution in [1.29, 1.82) is 0 Å². The lowest BCUT2D eigenvalue weighted by atomic mass is 10.2. The van der Waals surface area contributed by atoms with Gasteiger partial charge in [0.05, 0.1) is 19.8 Å². The van der Waals surface area contributed by atoms with Gasteiger partial charge in [0.2, 0.25) is 5.91 Å². The lowest BCUT2D eigenvalue weighted by Gasteiger charge is -2.22. The van der Waals surface area contributed by atoms with Gasteiger partial charge in [-0.2, -0.15) is 0 Å². The molecule has 0 saturated heterocycles. The maximum atomic E-state index is 12.7. The zero-order valence-corrected chi connectivity index (χ0v) is 17.6. The molecule has 1 N–H and O–H groups in total. The van der Waals surface area contributed by atoms with Crippen molar-refractivity contribution >= 4 is 23.5 Å². The van der Waals surface area contributed by atoms with Crippen LogP contribution in [0.15, 0.2) is 48.5 Å². The van der Waals surface area contributed by atoms with Crippen LogP contribution in [0, 0.1) is 0 Å². The lowest BCUT2D eigenvalue weighted by Crippen LogP contribution is -2.38. The molecule has 0 aromatic heterocycles. The van der Waals surface area contributed by atoms with Crippen LogP contribution in [0.25, 0.3) is 0 Å². The van der Waals surface area contributed by atoms with E-state index in [-0.39, 0.29) is 30.9 Å². The smallest absolute Gasteiger partial charge is 0.337 e. The highest BCUT2D eigenvalue weighted by molar-refractivity contribution is 5.94.